The van der Waals surface area contributed by atoms with Crippen molar-refractivity contribution in [1.82, 2.24) is 0 Å². The number of carbonyl (C=O) groups excluding carboxylic acids is 1. The Hall–Kier alpha value is -1.23. The maximum atomic E-state index is 10.7. The third-order valence-corrected chi connectivity index (χ3v) is 2.17. The molecular weight excluding hydrogens is 196 g/mol. The zero-order valence-electron chi connectivity index (χ0n) is 8.94. The van der Waals surface area contributed by atoms with E-state index in [0.29, 0.717) is 11.1 Å². The SMILES string of the molecule is COC(OC)(OC)c1ccccc1[C]=O. The van der Waals surface area contributed by atoms with Crippen molar-refractivity contribution in [1.29, 1.82) is 0 Å². The van der Waals surface area contributed by atoms with E-state index in [-0.39, 0.29) is 0 Å². The molecule has 0 aromatic heterocycles. The van der Waals surface area contributed by atoms with Gasteiger partial charge in [0, 0.05) is 26.9 Å². The molecule has 15 heavy (non-hydrogen) atoms. The van der Waals surface area contributed by atoms with Gasteiger partial charge in [-0.2, -0.15) is 0 Å². The lowest BCUT2D eigenvalue weighted by Crippen LogP contribution is -2.34. The monoisotopic (exact) mass is 209 g/mol. The van der Waals surface area contributed by atoms with Gasteiger partial charge in [-0.25, -0.2) is 0 Å². The highest BCUT2D eigenvalue weighted by atomic mass is 16.9. The summed E-state index contributed by atoms with van der Waals surface area (Å²) in [7, 11) is 4.32. The molecule has 4 nitrogen and oxygen atoms in total. The number of hydrogen-bond donors (Lipinski definition) is 0. The number of methoxy groups -OCH3 is 3. The third-order valence-electron chi connectivity index (χ3n) is 2.17. The molecule has 0 aliphatic heterocycles. The summed E-state index contributed by atoms with van der Waals surface area (Å²) in [6.07, 6.45) is 1.81. The Labute approximate surface area is 88.8 Å². The molecule has 0 atom stereocenters. The maximum absolute atomic E-state index is 10.7. The predicted octanol–water partition coefficient (Wildman–Crippen LogP) is 1.19. The minimum absolute atomic E-state index is 0.350. The van der Waals surface area contributed by atoms with E-state index in [1.54, 1.807) is 24.3 Å². The lowest BCUT2D eigenvalue weighted by molar-refractivity contribution is -0.364. The van der Waals surface area contributed by atoms with Crippen molar-refractivity contribution >= 4 is 6.29 Å². The van der Waals surface area contributed by atoms with Crippen LogP contribution in [0, 0.1) is 0 Å². The molecule has 1 radical (unpaired) electrons. The van der Waals surface area contributed by atoms with Crippen LogP contribution in [0.15, 0.2) is 24.3 Å². The quantitative estimate of drug-likeness (QED) is 0.683. The highest BCUT2D eigenvalue weighted by Crippen LogP contribution is 2.28. The molecule has 0 amide bonds. The third kappa shape index (κ3) is 2.07. The van der Waals surface area contributed by atoms with Crippen LogP contribution >= 0.6 is 0 Å². The average Bonchev–Trinajstić information content (AvgIpc) is 2.33. The van der Waals surface area contributed by atoms with Crippen molar-refractivity contribution in [2.24, 2.45) is 0 Å². The van der Waals surface area contributed by atoms with Gasteiger partial charge < -0.3 is 14.2 Å². The van der Waals surface area contributed by atoms with Crippen LogP contribution in [0.5, 0.6) is 0 Å². The molecule has 81 valence electrons. The van der Waals surface area contributed by atoms with E-state index in [4.69, 9.17) is 14.2 Å². The number of benzene rings is 1. The topological polar surface area (TPSA) is 44.8 Å². The molecule has 0 aliphatic rings. The summed E-state index contributed by atoms with van der Waals surface area (Å²) in [6.45, 7) is 0. The molecule has 0 heterocycles. The molecule has 1 aromatic carbocycles. The molecule has 0 aliphatic carbocycles. The number of rotatable bonds is 5. The summed E-state index contributed by atoms with van der Waals surface area (Å²) in [5.41, 5.74) is 0.843. The van der Waals surface area contributed by atoms with Gasteiger partial charge in [-0.3, -0.25) is 4.79 Å². The summed E-state index contributed by atoms with van der Waals surface area (Å²) in [6, 6.07) is 6.81. The van der Waals surface area contributed by atoms with Crippen LogP contribution in [0.2, 0.25) is 0 Å². The van der Waals surface area contributed by atoms with Crippen molar-refractivity contribution < 1.29 is 19.0 Å². The molecule has 4 heteroatoms. The highest BCUT2D eigenvalue weighted by molar-refractivity contribution is 5.78. The molecule has 0 saturated carbocycles. The van der Waals surface area contributed by atoms with Crippen molar-refractivity contribution in [3.8, 4) is 0 Å². The fraction of sp³-hybridized carbons (Fsp3) is 0.364. The minimum Gasteiger partial charge on any atom is -0.327 e. The first-order valence-corrected chi connectivity index (χ1v) is 4.37. The zero-order valence-corrected chi connectivity index (χ0v) is 8.94. The minimum atomic E-state index is -1.35. The van der Waals surface area contributed by atoms with Gasteiger partial charge in [0.1, 0.15) is 0 Å². The van der Waals surface area contributed by atoms with Gasteiger partial charge in [-0.05, 0) is 0 Å². The van der Waals surface area contributed by atoms with E-state index in [1.165, 1.54) is 21.3 Å². The summed E-state index contributed by atoms with van der Waals surface area (Å²) in [5.74, 6) is -1.35. The van der Waals surface area contributed by atoms with Gasteiger partial charge in [0.25, 0.3) is 0 Å². The van der Waals surface area contributed by atoms with Crippen molar-refractivity contribution in [2.75, 3.05) is 21.3 Å². The van der Waals surface area contributed by atoms with E-state index >= 15 is 0 Å². The average molecular weight is 209 g/mol. The molecule has 1 rings (SSSR count). The largest absolute Gasteiger partial charge is 0.327 e. The van der Waals surface area contributed by atoms with Crippen LogP contribution in [-0.2, 0) is 25.0 Å². The first-order valence-electron chi connectivity index (χ1n) is 4.37. The second kappa shape index (κ2) is 5.02. The van der Waals surface area contributed by atoms with E-state index in [0.717, 1.165) is 0 Å². The van der Waals surface area contributed by atoms with Gasteiger partial charge in [-0.1, -0.05) is 24.3 Å². The Balaban J connectivity index is 3.27. The summed E-state index contributed by atoms with van der Waals surface area (Å²) >= 11 is 0. The highest BCUT2D eigenvalue weighted by Gasteiger charge is 2.34. The standard InChI is InChI=1S/C11H13O4/c1-13-11(14-2,15-3)10-7-5-4-6-9(10)8-12/h4-7H,1-3H3. The lowest BCUT2D eigenvalue weighted by Gasteiger charge is -2.29. The van der Waals surface area contributed by atoms with E-state index in [2.05, 4.69) is 0 Å². The molecular formula is C11H13O4. The van der Waals surface area contributed by atoms with Gasteiger partial charge in [0.15, 0.2) is 0 Å². The van der Waals surface area contributed by atoms with E-state index in [1.807, 2.05) is 6.29 Å². The molecule has 1 aromatic rings. The Bertz CT molecular complexity index is 323. The lowest BCUT2D eigenvalue weighted by atomic mass is 10.1. The number of ether oxygens (including phenoxy) is 3. The van der Waals surface area contributed by atoms with Gasteiger partial charge in [0.2, 0.25) is 6.29 Å². The second-order valence-electron chi connectivity index (χ2n) is 2.82. The smallest absolute Gasteiger partial charge is 0.311 e. The van der Waals surface area contributed by atoms with Crippen molar-refractivity contribution in [3.05, 3.63) is 35.4 Å². The number of hydrogen-bond acceptors (Lipinski definition) is 4. The van der Waals surface area contributed by atoms with Crippen LogP contribution < -0.4 is 0 Å². The maximum Gasteiger partial charge on any atom is 0.311 e. The van der Waals surface area contributed by atoms with Crippen LogP contribution in [-0.4, -0.2) is 27.6 Å². The zero-order chi connectivity index (χ0) is 11.3. The van der Waals surface area contributed by atoms with Gasteiger partial charge in [-0.15, -0.1) is 0 Å². The first-order chi connectivity index (χ1) is 7.24. The Morgan fingerprint density at radius 3 is 2.07 bits per heavy atom. The molecule has 0 bridgehead atoms. The molecule has 0 spiro atoms. The van der Waals surface area contributed by atoms with Gasteiger partial charge >= 0.3 is 5.97 Å². The normalized spacial score (nSPS) is 11.4. The summed E-state index contributed by atoms with van der Waals surface area (Å²) in [5, 5.41) is 0. The van der Waals surface area contributed by atoms with E-state index < -0.39 is 5.97 Å². The molecule has 0 fully saturated rings. The Morgan fingerprint density at radius 2 is 1.60 bits per heavy atom. The first kappa shape index (κ1) is 11.8. The summed E-state index contributed by atoms with van der Waals surface area (Å²) < 4.78 is 15.4. The van der Waals surface area contributed by atoms with Crippen LogP contribution in [0.3, 0.4) is 0 Å². The molecule has 0 N–H and O–H groups in total. The van der Waals surface area contributed by atoms with E-state index in [9.17, 15) is 4.79 Å². The fourth-order valence-electron chi connectivity index (χ4n) is 1.42. The molecule has 0 saturated heterocycles. The van der Waals surface area contributed by atoms with Crippen molar-refractivity contribution in [3.63, 3.8) is 0 Å². The predicted molar refractivity (Wildman–Crippen MR) is 53.9 cm³/mol. The fourth-order valence-corrected chi connectivity index (χ4v) is 1.42. The van der Waals surface area contributed by atoms with Crippen LogP contribution in [0.4, 0.5) is 0 Å². The summed E-state index contributed by atoms with van der Waals surface area (Å²) in [4.78, 5) is 10.7. The van der Waals surface area contributed by atoms with Gasteiger partial charge in [0.05, 0.1) is 5.56 Å². The van der Waals surface area contributed by atoms with Crippen LogP contribution in [0.25, 0.3) is 0 Å². The second-order valence-corrected chi connectivity index (χ2v) is 2.82. The van der Waals surface area contributed by atoms with Crippen molar-refractivity contribution in [2.45, 2.75) is 5.97 Å². The molecule has 0 unspecified atom stereocenters. The Kier molecular flexibility index (Phi) is 3.96. The van der Waals surface area contributed by atoms with Crippen LogP contribution in [0.1, 0.15) is 11.1 Å². The Morgan fingerprint density at radius 1 is 1.07 bits per heavy atom.